The molecule has 0 amide bonds. The molecule has 0 unspecified atom stereocenters. The molecule has 0 spiro atoms. The Kier molecular flexibility index (Phi) is 11.9. The Morgan fingerprint density at radius 1 is 0.667 bits per heavy atom. The predicted molar refractivity (Wildman–Crippen MR) is 99.5 cm³/mol. The molecule has 1 rings (SSSR count). The van der Waals surface area contributed by atoms with Gasteiger partial charge in [0, 0.05) is 5.33 Å². The normalized spacial score (nSPS) is 11.0. The molecule has 0 saturated heterocycles. The van der Waals surface area contributed by atoms with Crippen LogP contribution in [0.5, 0.6) is 0 Å². The third kappa shape index (κ3) is 9.34. The summed E-state index contributed by atoms with van der Waals surface area (Å²) in [5.74, 6) is 0. The van der Waals surface area contributed by atoms with Gasteiger partial charge in [-0.1, -0.05) is 92.1 Å². The van der Waals surface area contributed by atoms with E-state index in [-0.39, 0.29) is 0 Å². The molecule has 1 aromatic carbocycles. The molecule has 0 aliphatic heterocycles. The molecule has 1 aromatic rings. The van der Waals surface area contributed by atoms with Crippen LogP contribution < -0.4 is 0 Å². The lowest BCUT2D eigenvalue weighted by Gasteiger charge is -2.09. The smallest absolute Gasteiger partial charge is 0.00313 e. The van der Waals surface area contributed by atoms with Gasteiger partial charge in [0.2, 0.25) is 0 Å². The van der Waals surface area contributed by atoms with E-state index in [0.29, 0.717) is 0 Å². The third-order valence-electron chi connectivity index (χ3n) is 4.25. The van der Waals surface area contributed by atoms with Crippen LogP contribution in [0.2, 0.25) is 0 Å². The molecule has 0 heterocycles. The second-order valence-electron chi connectivity index (χ2n) is 6.14. The molecule has 0 radical (unpaired) electrons. The minimum atomic E-state index is 1.17. The van der Waals surface area contributed by atoms with E-state index in [1.165, 1.54) is 82.4 Å². The fourth-order valence-electron chi connectivity index (χ4n) is 2.88. The van der Waals surface area contributed by atoms with Gasteiger partial charge in [-0.2, -0.15) is 0 Å². The van der Waals surface area contributed by atoms with E-state index in [1.807, 2.05) is 0 Å². The van der Waals surface area contributed by atoms with Crippen LogP contribution >= 0.6 is 15.9 Å². The van der Waals surface area contributed by atoms with Gasteiger partial charge in [0.1, 0.15) is 0 Å². The Morgan fingerprint density at radius 2 is 1.14 bits per heavy atom. The lowest BCUT2D eigenvalue weighted by molar-refractivity contribution is 0.576. The number of rotatable bonds is 13. The topological polar surface area (TPSA) is 0 Å². The summed E-state index contributed by atoms with van der Waals surface area (Å²) in [6.45, 7) is 2.28. The van der Waals surface area contributed by atoms with E-state index in [4.69, 9.17) is 0 Å². The highest BCUT2D eigenvalue weighted by molar-refractivity contribution is 9.09. The van der Waals surface area contributed by atoms with Crippen molar-refractivity contribution >= 4 is 15.9 Å². The molecule has 0 N–H and O–H groups in total. The van der Waals surface area contributed by atoms with Crippen LogP contribution in [0.1, 0.15) is 82.3 Å². The molecule has 120 valence electrons. The molecule has 0 aliphatic carbocycles. The van der Waals surface area contributed by atoms with Crippen LogP contribution in [0, 0.1) is 0 Å². The summed E-state index contributed by atoms with van der Waals surface area (Å²) in [4.78, 5) is 0. The van der Waals surface area contributed by atoms with Gasteiger partial charge < -0.3 is 0 Å². The summed E-state index contributed by atoms with van der Waals surface area (Å²) in [5, 5.41) is 1.17. The van der Waals surface area contributed by atoms with Gasteiger partial charge in [-0.15, -0.1) is 0 Å². The van der Waals surface area contributed by atoms with Crippen LogP contribution in [0.25, 0.3) is 0 Å². The SMILES string of the molecule is CCCCc1ccccc1CCCCCCCCCCBr. The number of hydrogen-bond donors (Lipinski definition) is 0. The van der Waals surface area contributed by atoms with Gasteiger partial charge in [0.15, 0.2) is 0 Å². The van der Waals surface area contributed by atoms with Crippen molar-refractivity contribution in [1.82, 2.24) is 0 Å². The fourth-order valence-corrected chi connectivity index (χ4v) is 3.28. The van der Waals surface area contributed by atoms with Crippen molar-refractivity contribution in [1.29, 1.82) is 0 Å². The molecular formula is C20H33Br. The Labute approximate surface area is 140 Å². The maximum absolute atomic E-state index is 3.50. The van der Waals surface area contributed by atoms with Crippen molar-refractivity contribution in [2.24, 2.45) is 0 Å². The lowest BCUT2D eigenvalue weighted by atomic mass is 9.97. The van der Waals surface area contributed by atoms with E-state index in [1.54, 1.807) is 11.1 Å². The van der Waals surface area contributed by atoms with Crippen LogP contribution in [0.15, 0.2) is 24.3 Å². The van der Waals surface area contributed by atoms with E-state index in [2.05, 4.69) is 47.1 Å². The first-order valence-corrected chi connectivity index (χ1v) is 10.1. The average Bonchev–Trinajstić information content (AvgIpc) is 2.52. The first-order chi connectivity index (χ1) is 10.4. The standard InChI is InChI=1S/C20H33Br/c1-2-3-14-19-16-11-12-17-20(19)15-10-8-6-4-5-7-9-13-18-21/h11-12,16-17H,2-10,13-15,18H2,1H3. The van der Waals surface area contributed by atoms with Crippen molar-refractivity contribution in [3.63, 3.8) is 0 Å². The van der Waals surface area contributed by atoms with Gasteiger partial charge in [0.05, 0.1) is 0 Å². The fraction of sp³-hybridized carbons (Fsp3) is 0.700. The minimum absolute atomic E-state index is 1.17. The van der Waals surface area contributed by atoms with E-state index in [9.17, 15) is 0 Å². The van der Waals surface area contributed by atoms with E-state index >= 15 is 0 Å². The minimum Gasteiger partial charge on any atom is -0.0928 e. The molecule has 0 nitrogen and oxygen atoms in total. The molecule has 0 atom stereocenters. The number of benzene rings is 1. The van der Waals surface area contributed by atoms with Crippen molar-refractivity contribution < 1.29 is 0 Å². The van der Waals surface area contributed by atoms with Crippen LogP contribution in [-0.4, -0.2) is 5.33 Å². The van der Waals surface area contributed by atoms with Crippen LogP contribution in [0.3, 0.4) is 0 Å². The lowest BCUT2D eigenvalue weighted by Crippen LogP contribution is -1.94. The summed E-state index contributed by atoms with van der Waals surface area (Å²) in [6, 6.07) is 9.07. The summed E-state index contributed by atoms with van der Waals surface area (Å²) in [7, 11) is 0. The predicted octanol–water partition coefficient (Wildman–Crippen LogP) is 7.09. The zero-order valence-electron chi connectivity index (χ0n) is 13.9. The second-order valence-corrected chi connectivity index (χ2v) is 6.93. The highest BCUT2D eigenvalue weighted by Crippen LogP contribution is 2.16. The summed E-state index contributed by atoms with van der Waals surface area (Å²) in [5.41, 5.74) is 3.19. The van der Waals surface area contributed by atoms with Crippen LogP contribution in [-0.2, 0) is 12.8 Å². The largest absolute Gasteiger partial charge is 0.0928 e. The monoisotopic (exact) mass is 352 g/mol. The quantitative estimate of drug-likeness (QED) is 0.262. The van der Waals surface area contributed by atoms with Gasteiger partial charge in [-0.3, -0.25) is 0 Å². The summed E-state index contributed by atoms with van der Waals surface area (Å²) in [6.07, 6.45) is 16.4. The summed E-state index contributed by atoms with van der Waals surface area (Å²) >= 11 is 3.50. The van der Waals surface area contributed by atoms with E-state index in [0.717, 1.165) is 0 Å². The van der Waals surface area contributed by atoms with Gasteiger partial charge >= 0.3 is 0 Å². The summed E-state index contributed by atoms with van der Waals surface area (Å²) < 4.78 is 0. The Balaban J connectivity index is 2.09. The van der Waals surface area contributed by atoms with Crippen molar-refractivity contribution in [3.8, 4) is 0 Å². The Bertz CT molecular complexity index is 345. The molecule has 0 aliphatic rings. The number of unbranched alkanes of at least 4 members (excludes halogenated alkanes) is 8. The zero-order chi connectivity index (χ0) is 15.2. The molecule has 21 heavy (non-hydrogen) atoms. The average molecular weight is 353 g/mol. The molecule has 0 fully saturated rings. The van der Waals surface area contributed by atoms with Crippen LogP contribution in [0.4, 0.5) is 0 Å². The molecule has 0 bridgehead atoms. The van der Waals surface area contributed by atoms with Crippen molar-refractivity contribution in [3.05, 3.63) is 35.4 Å². The zero-order valence-corrected chi connectivity index (χ0v) is 15.5. The molecular weight excluding hydrogens is 320 g/mol. The molecule has 1 heteroatoms. The maximum atomic E-state index is 3.50. The Morgan fingerprint density at radius 3 is 1.67 bits per heavy atom. The molecule has 0 saturated carbocycles. The number of aryl methyl sites for hydroxylation is 2. The second kappa shape index (κ2) is 13.4. The highest BCUT2D eigenvalue weighted by atomic mass is 79.9. The first kappa shape index (κ1) is 18.7. The number of hydrogen-bond acceptors (Lipinski definition) is 0. The van der Waals surface area contributed by atoms with E-state index < -0.39 is 0 Å². The number of alkyl halides is 1. The Hall–Kier alpha value is -0.300. The molecule has 0 aromatic heterocycles. The highest BCUT2D eigenvalue weighted by Gasteiger charge is 2.01. The van der Waals surface area contributed by atoms with Crippen molar-refractivity contribution in [2.45, 2.75) is 84.0 Å². The van der Waals surface area contributed by atoms with Gasteiger partial charge in [0.25, 0.3) is 0 Å². The number of halogens is 1. The third-order valence-corrected chi connectivity index (χ3v) is 4.81. The maximum Gasteiger partial charge on any atom is 0.00313 e. The first-order valence-electron chi connectivity index (χ1n) is 9.01. The van der Waals surface area contributed by atoms with Crippen molar-refractivity contribution in [2.75, 3.05) is 5.33 Å². The van der Waals surface area contributed by atoms with Gasteiger partial charge in [-0.05, 0) is 43.2 Å². The van der Waals surface area contributed by atoms with Gasteiger partial charge in [-0.25, -0.2) is 0 Å².